The Morgan fingerprint density at radius 2 is 1.93 bits per heavy atom. The Bertz CT molecular complexity index is 742. The van der Waals surface area contributed by atoms with E-state index in [9.17, 15) is 14.4 Å². The van der Waals surface area contributed by atoms with Crippen molar-refractivity contribution in [2.24, 2.45) is 0 Å². The molecule has 7 nitrogen and oxygen atoms in total. The standard InChI is InChI=1S/C19H23N3O4S/c1-2-26-17(24)10-9-16(23)21-19(27)20-15-8-6-7-14(13-15)18(25)22-11-4-3-5-12-22/h6-10,13H,2-5,11-12H2,1H3,(H2,20,21,23,27)/b10-9+. The van der Waals surface area contributed by atoms with Crippen LogP contribution in [0.5, 0.6) is 0 Å². The van der Waals surface area contributed by atoms with Crippen molar-refractivity contribution < 1.29 is 19.1 Å². The summed E-state index contributed by atoms with van der Waals surface area (Å²) in [4.78, 5) is 37.3. The second kappa shape index (κ2) is 10.4. The van der Waals surface area contributed by atoms with Crippen molar-refractivity contribution in [2.75, 3.05) is 25.0 Å². The zero-order chi connectivity index (χ0) is 19.6. The summed E-state index contributed by atoms with van der Waals surface area (Å²) in [6.45, 7) is 3.46. The van der Waals surface area contributed by atoms with Crippen molar-refractivity contribution in [3.05, 3.63) is 42.0 Å². The first kappa shape index (κ1) is 20.6. The summed E-state index contributed by atoms with van der Waals surface area (Å²) in [5.41, 5.74) is 1.16. The number of nitrogens with zero attached hydrogens (tertiary/aromatic N) is 1. The fourth-order valence-corrected chi connectivity index (χ4v) is 2.88. The van der Waals surface area contributed by atoms with Gasteiger partial charge in [0.25, 0.3) is 5.91 Å². The number of anilines is 1. The molecule has 0 radical (unpaired) electrons. The molecule has 2 rings (SSSR count). The second-order valence-corrected chi connectivity index (χ2v) is 6.37. The summed E-state index contributed by atoms with van der Waals surface area (Å²) in [5.74, 6) is -1.16. The highest BCUT2D eigenvalue weighted by atomic mass is 32.1. The fourth-order valence-electron chi connectivity index (χ4n) is 2.66. The van der Waals surface area contributed by atoms with Crippen LogP contribution in [0.1, 0.15) is 36.5 Å². The molecule has 0 aromatic heterocycles. The largest absolute Gasteiger partial charge is 0.463 e. The van der Waals surface area contributed by atoms with Crippen molar-refractivity contribution in [1.29, 1.82) is 0 Å². The Morgan fingerprint density at radius 1 is 1.19 bits per heavy atom. The molecule has 1 aliphatic rings. The summed E-state index contributed by atoms with van der Waals surface area (Å²) in [7, 11) is 0. The van der Waals surface area contributed by atoms with Gasteiger partial charge in [0.05, 0.1) is 6.61 Å². The lowest BCUT2D eigenvalue weighted by Crippen LogP contribution is -2.35. The quantitative estimate of drug-likeness (QED) is 0.456. The summed E-state index contributed by atoms with van der Waals surface area (Å²) in [5, 5.41) is 5.36. The van der Waals surface area contributed by atoms with Gasteiger partial charge in [0.2, 0.25) is 5.91 Å². The molecule has 1 saturated heterocycles. The highest BCUT2D eigenvalue weighted by molar-refractivity contribution is 7.80. The van der Waals surface area contributed by atoms with Crippen LogP contribution >= 0.6 is 12.2 Å². The minimum absolute atomic E-state index is 0.00864. The third-order valence-electron chi connectivity index (χ3n) is 3.90. The molecule has 2 amide bonds. The van der Waals surface area contributed by atoms with Gasteiger partial charge in [0, 0.05) is 36.5 Å². The van der Waals surface area contributed by atoms with Gasteiger partial charge in [0.1, 0.15) is 0 Å². The number of benzene rings is 1. The van der Waals surface area contributed by atoms with Gasteiger partial charge in [-0.05, 0) is 56.6 Å². The molecule has 1 heterocycles. The number of nitrogens with one attached hydrogen (secondary N) is 2. The maximum Gasteiger partial charge on any atom is 0.330 e. The van der Waals surface area contributed by atoms with Crippen molar-refractivity contribution in [3.8, 4) is 0 Å². The van der Waals surface area contributed by atoms with Crippen LogP contribution in [0, 0.1) is 0 Å². The van der Waals surface area contributed by atoms with Gasteiger partial charge < -0.3 is 15.0 Å². The Labute approximate surface area is 163 Å². The van der Waals surface area contributed by atoms with E-state index in [-0.39, 0.29) is 17.6 Å². The monoisotopic (exact) mass is 389 g/mol. The Hall–Kier alpha value is -2.74. The van der Waals surface area contributed by atoms with Gasteiger partial charge in [-0.25, -0.2) is 4.79 Å². The zero-order valence-corrected chi connectivity index (χ0v) is 16.0. The van der Waals surface area contributed by atoms with Crippen molar-refractivity contribution in [3.63, 3.8) is 0 Å². The first-order valence-corrected chi connectivity index (χ1v) is 9.26. The van der Waals surface area contributed by atoms with E-state index >= 15 is 0 Å². The molecule has 0 saturated carbocycles. The molecule has 144 valence electrons. The second-order valence-electron chi connectivity index (χ2n) is 5.96. The van der Waals surface area contributed by atoms with E-state index in [1.807, 2.05) is 4.90 Å². The number of carbonyl (C=O) groups is 3. The number of hydrogen-bond donors (Lipinski definition) is 2. The molecule has 1 aliphatic heterocycles. The molecule has 1 aromatic rings. The molecule has 1 aromatic carbocycles. The third kappa shape index (κ3) is 6.82. The van der Waals surface area contributed by atoms with Crippen LogP contribution in [0.15, 0.2) is 36.4 Å². The van der Waals surface area contributed by atoms with Gasteiger partial charge in [-0.3, -0.25) is 14.9 Å². The van der Waals surface area contributed by atoms with E-state index in [1.165, 1.54) is 0 Å². The normalized spacial score (nSPS) is 13.9. The maximum atomic E-state index is 12.6. The molecule has 2 N–H and O–H groups in total. The number of amides is 2. The molecule has 0 spiro atoms. The molecule has 27 heavy (non-hydrogen) atoms. The number of esters is 1. The SMILES string of the molecule is CCOC(=O)/C=C/C(=O)NC(=S)Nc1cccc(C(=O)N2CCCCC2)c1. The van der Waals surface area contributed by atoms with E-state index in [0.717, 1.165) is 44.5 Å². The van der Waals surface area contributed by atoms with Gasteiger partial charge in [-0.15, -0.1) is 0 Å². The van der Waals surface area contributed by atoms with Crippen LogP contribution in [0.4, 0.5) is 5.69 Å². The molecule has 0 unspecified atom stereocenters. The molecular weight excluding hydrogens is 366 g/mol. The van der Waals surface area contributed by atoms with Gasteiger partial charge in [0.15, 0.2) is 5.11 Å². The smallest absolute Gasteiger partial charge is 0.330 e. The predicted molar refractivity (Wildman–Crippen MR) is 106 cm³/mol. The van der Waals surface area contributed by atoms with Crippen LogP contribution in [0.25, 0.3) is 0 Å². The van der Waals surface area contributed by atoms with E-state index in [4.69, 9.17) is 12.2 Å². The molecular formula is C19H23N3O4S. The summed E-state index contributed by atoms with van der Waals surface area (Å²) in [6.07, 6.45) is 5.28. The lowest BCUT2D eigenvalue weighted by molar-refractivity contribution is -0.137. The highest BCUT2D eigenvalue weighted by Gasteiger charge is 2.18. The number of piperidine rings is 1. The minimum Gasteiger partial charge on any atom is -0.463 e. The molecule has 8 heteroatoms. The Kier molecular flexibility index (Phi) is 7.94. The molecule has 0 aliphatic carbocycles. The lowest BCUT2D eigenvalue weighted by atomic mass is 10.1. The third-order valence-corrected chi connectivity index (χ3v) is 4.11. The molecule has 0 atom stereocenters. The summed E-state index contributed by atoms with van der Waals surface area (Å²) in [6, 6.07) is 6.96. The molecule has 0 bridgehead atoms. The molecule has 1 fully saturated rings. The van der Waals surface area contributed by atoms with Crippen molar-refractivity contribution in [1.82, 2.24) is 10.2 Å². The number of likely N-dealkylation sites (tertiary alicyclic amines) is 1. The predicted octanol–water partition coefficient (Wildman–Crippen LogP) is 2.25. The average Bonchev–Trinajstić information content (AvgIpc) is 2.67. The number of hydrogen-bond acceptors (Lipinski definition) is 5. The van der Waals surface area contributed by atoms with Crippen LogP contribution < -0.4 is 10.6 Å². The van der Waals surface area contributed by atoms with Crippen LogP contribution in [-0.4, -0.2) is 47.5 Å². The van der Waals surface area contributed by atoms with Crippen LogP contribution in [0.2, 0.25) is 0 Å². The maximum absolute atomic E-state index is 12.6. The van der Waals surface area contributed by atoms with E-state index in [0.29, 0.717) is 11.3 Å². The lowest BCUT2D eigenvalue weighted by Gasteiger charge is -2.26. The van der Waals surface area contributed by atoms with Gasteiger partial charge >= 0.3 is 5.97 Å². The van der Waals surface area contributed by atoms with Gasteiger partial charge in [-0.2, -0.15) is 0 Å². The zero-order valence-electron chi connectivity index (χ0n) is 15.2. The minimum atomic E-state index is -0.601. The van der Waals surface area contributed by atoms with E-state index in [2.05, 4.69) is 15.4 Å². The van der Waals surface area contributed by atoms with Crippen molar-refractivity contribution >= 4 is 40.8 Å². The number of ether oxygens (including phenoxy) is 1. The van der Waals surface area contributed by atoms with E-state index < -0.39 is 11.9 Å². The summed E-state index contributed by atoms with van der Waals surface area (Å²) >= 11 is 5.09. The first-order valence-electron chi connectivity index (χ1n) is 8.85. The van der Waals surface area contributed by atoms with Crippen molar-refractivity contribution in [2.45, 2.75) is 26.2 Å². The highest BCUT2D eigenvalue weighted by Crippen LogP contribution is 2.16. The number of carbonyl (C=O) groups excluding carboxylic acids is 3. The topological polar surface area (TPSA) is 87.7 Å². The average molecular weight is 389 g/mol. The fraction of sp³-hybridized carbons (Fsp3) is 0.368. The van der Waals surface area contributed by atoms with Gasteiger partial charge in [-0.1, -0.05) is 6.07 Å². The van der Waals surface area contributed by atoms with Crippen LogP contribution in [-0.2, 0) is 14.3 Å². The number of thiocarbonyl (C=S) groups is 1. The van der Waals surface area contributed by atoms with Crippen LogP contribution in [0.3, 0.4) is 0 Å². The van der Waals surface area contributed by atoms with E-state index in [1.54, 1.807) is 31.2 Å². The Morgan fingerprint density at radius 3 is 2.63 bits per heavy atom. The first-order chi connectivity index (χ1) is 13.0. The summed E-state index contributed by atoms with van der Waals surface area (Å²) < 4.78 is 4.69. The number of rotatable bonds is 5. The Balaban J connectivity index is 1.91.